The van der Waals surface area contributed by atoms with Gasteiger partial charge in [-0.25, -0.2) is 0 Å². The lowest BCUT2D eigenvalue weighted by Gasteiger charge is -2.00. The summed E-state index contributed by atoms with van der Waals surface area (Å²) >= 11 is 5.59. The Morgan fingerprint density at radius 3 is 2.32 bits per heavy atom. The van der Waals surface area contributed by atoms with Crippen molar-refractivity contribution in [2.24, 2.45) is 0 Å². The van der Waals surface area contributed by atoms with Crippen molar-refractivity contribution in [1.82, 2.24) is 0 Å². The van der Waals surface area contributed by atoms with Crippen molar-refractivity contribution in [3.63, 3.8) is 0 Å². The molecule has 0 heterocycles. The number of benzene rings is 2. The van der Waals surface area contributed by atoms with E-state index in [1.54, 1.807) is 18.3 Å². The lowest BCUT2D eigenvalue weighted by molar-refractivity contribution is 0.104. The lowest BCUT2D eigenvalue weighted by atomic mass is 10.1. The van der Waals surface area contributed by atoms with E-state index in [-0.39, 0.29) is 5.78 Å². The standard InChI is InChI=1S/C15H11BrINO/c16-12-3-1-11(2-4-12)15(19)9-10-18-14-7-5-13(17)6-8-14/h1-10,18H/b10-9-. The summed E-state index contributed by atoms with van der Waals surface area (Å²) in [7, 11) is 0. The van der Waals surface area contributed by atoms with E-state index in [9.17, 15) is 4.79 Å². The summed E-state index contributed by atoms with van der Waals surface area (Å²) in [5.74, 6) is -0.0227. The molecule has 0 fully saturated rings. The maximum Gasteiger partial charge on any atom is 0.187 e. The van der Waals surface area contributed by atoms with Crippen molar-refractivity contribution in [3.8, 4) is 0 Å². The highest BCUT2D eigenvalue weighted by molar-refractivity contribution is 14.1. The van der Waals surface area contributed by atoms with Gasteiger partial charge in [-0.1, -0.05) is 15.9 Å². The second-order valence-corrected chi connectivity index (χ2v) is 6.02. The van der Waals surface area contributed by atoms with Crippen LogP contribution in [-0.4, -0.2) is 5.78 Å². The van der Waals surface area contributed by atoms with Crippen molar-refractivity contribution >= 4 is 50.0 Å². The van der Waals surface area contributed by atoms with Crippen LogP contribution in [0, 0.1) is 3.57 Å². The summed E-state index contributed by atoms with van der Waals surface area (Å²) in [6.07, 6.45) is 3.19. The molecule has 0 amide bonds. The number of anilines is 1. The third-order valence-corrected chi connectivity index (χ3v) is 3.71. The van der Waals surface area contributed by atoms with Gasteiger partial charge < -0.3 is 5.32 Å². The normalized spacial score (nSPS) is 10.6. The Labute approximate surface area is 134 Å². The Morgan fingerprint density at radius 1 is 1.05 bits per heavy atom. The topological polar surface area (TPSA) is 29.1 Å². The minimum atomic E-state index is -0.0227. The molecule has 96 valence electrons. The highest BCUT2D eigenvalue weighted by atomic mass is 127. The number of rotatable bonds is 4. The van der Waals surface area contributed by atoms with Crippen molar-refractivity contribution in [3.05, 3.63) is 74.4 Å². The zero-order chi connectivity index (χ0) is 13.7. The number of nitrogens with one attached hydrogen (secondary N) is 1. The Balaban J connectivity index is 1.97. The van der Waals surface area contributed by atoms with Gasteiger partial charge >= 0.3 is 0 Å². The second-order valence-electron chi connectivity index (χ2n) is 3.86. The molecule has 19 heavy (non-hydrogen) atoms. The quantitative estimate of drug-likeness (QED) is 0.428. The van der Waals surface area contributed by atoms with Gasteiger partial charge in [-0.15, -0.1) is 0 Å². The molecule has 1 N–H and O–H groups in total. The third kappa shape index (κ3) is 4.47. The highest BCUT2D eigenvalue weighted by Crippen LogP contribution is 2.12. The van der Waals surface area contributed by atoms with Crippen molar-refractivity contribution in [1.29, 1.82) is 0 Å². The maximum absolute atomic E-state index is 11.9. The van der Waals surface area contributed by atoms with Gasteiger partial charge in [0.1, 0.15) is 0 Å². The number of hydrogen-bond donors (Lipinski definition) is 1. The maximum atomic E-state index is 11.9. The molecule has 2 aromatic carbocycles. The molecule has 0 saturated heterocycles. The molecule has 0 saturated carbocycles. The molecule has 0 bridgehead atoms. The van der Waals surface area contributed by atoms with E-state index in [1.165, 1.54) is 9.65 Å². The molecular formula is C15H11BrINO. The number of allylic oxidation sites excluding steroid dienone is 1. The van der Waals surface area contributed by atoms with Gasteiger partial charge in [0, 0.05) is 31.6 Å². The molecule has 0 atom stereocenters. The molecule has 0 aromatic heterocycles. The minimum absolute atomic E-state index is 0.0227. The fraction of sp³-hybridized carbons (Fsp3) is 0. The van der Waals surface area contributed by atoms with Crippen LogP contribution in [-0.2, 0) is 0 Å². The summed E-state index contributed by atoms with van der Waals surface area (Å²) in [4.78, 5) is 11.9. The molecular weight excluding hydrogens is 417 g/mol. The number of ketones is 1. The number of carbonyl (C=O) groups excluding carboxylic acids is 1. The predicted molar refractivity (Wildman–Crippen MR) is 90.4 cm³/mol. The highest BCUT2D eigenvalue weighted by Gasteiger charge is 2.00. The molecule has 0 aliphatic heterocycles. The molecule has 0 aliphatic rings. The monoisotopic (exact) mass is 427 g/mol. The first-order chi connectivity index (χ1) is 9.15. The molecule has 2 nitrogen and oxygen atoms in total. The van der Waals surface area contributed by atoms with Crippen LogP contribution >= 0.6 is 38.5 Å². The third-order valence-electron chi connectivity index (χ3n) is 2.46. The van der Waals surface area contributed by atoms with Crippen LogP contribution in [0.1, 0.15) is 10.4 Å². The van der Waals surface area contributed by atoms with E-state index in [1.807, 2.05) is 36.4 Å². The number of carbonyl (C=O) groups is 1. The first-order valence-electron chi connectivity index (χ1n) is 5.64. The average molecular weight is 428 g/mol. The number of halogens is 2. The Bertz CT molecular complexity index is 591. The summed E-state index contributed by atoms with van der Waals surface area (Å²) in [5, 5.41) is 3.07. The van der Waals surface area contributed by atoms with Crippen molar-refractivity contribution in [2.75, 3.05) is 5.32 Å². The Morgan fingerprint density at radius 2 is 1.68 bits per heavy atom. The minimum Gasteiger partial charge on any atom is -0.362 e. The fourth-order valence-electron chi connectivity index (χ4n) is 1.47. The SMILES string of the molecule is O=C(/C=C\Nc1ccc(I)cc1)c1ccc(Br)cc1. The van der Waals surface area contributed by atoms with Crippen LogP contribution in [0.4, 0.5) is 5.69 Å². The molecule has 0 unspecified atom stereocenters. The van der Waals surface area contributed by atoms with Crippen LogP contribution in [0.2, 0.25) is 0 Å². The summed E-state index contributed by atoms with van der Waals surface area (Å²) in [5.41, 5.74) is 1.63. The van der Waals surface area contributed by atoms with Gasteiger partial charge in [-0.05, 0) is 71.1 Å². The van der Waals surface area contributed by atoms with Gasteiger partial charge in [0.25, 0.3) is 0 Å². The zero-order valence-corrected chi connectivity index (χ0v) is 13.7. The van der Waals surface area contributed by atoms with Gasteiger partial charge in [0.15, 0.2) is 5.78 Å². The Kier molecular flexibility index (Phi) is 5.15. The molecule has 0 aliphatic carbocycles. The zero-order valence-electron chi connectivity index (χ0n) is 9.94. The first-order valence-corrected chi connectivity index (χ1v) is 7.51. The molecule has 4 heteroatoms. The van der Waals surface area contributed by atoms with E-state index in [4.69, 9.17) is 0 Å². The van der Waals surface area contributed by atoms with Gasteiger partial charge in [0.2, 0.25) is 0 Å². The first kappa shape index (κ1) is 14.3. The predicted octanol–water partition coefficient (Wildman–Crippen LogP) is 4.86. The smallest absolute Gasteiger partial charge is 0.187 e. The van der Waals surface area contributed by atoms with E-state index >= 15 is 0 Å². The molecule has 0 radical (unpaired) electrons. The summed E-state index contributed by atoms with van der Waals surface area (Å²) in [6.45, 7) is 0. The van der Waals surface area contributed by atoms with Crippen LogP contribution in [0.15, 0.2) is 65.3 Å². The second kappa shape index (κ2) is 6.86. The van der Waals surface area contributed by atoms with E-state index in [2.05, 4.69) is 43.8 Å². The lowest BCUT2D eigenvalue weighted by Crippen LogP contribution is -1.96. The van der Waals surface area contributed by atoms with Crippen LogP contribution in [0.5, 0.6) is 0 Å². The largest absolute Gasteiger partial charge is 0.362 e. The van der Waals surface area contributed by atoms with Crippen molar-refractivity contribution in [2.45, 2.75) is 0 Å². The average Bonchev–Trinajstić information content (AvgIpc) is 2.41. The number of hydrogen-bond acceptors (Lipinski definition) is 2. The van der Waals surface area contributed by atoms with Crippen molar-refractivity contribution < 1.29 is 4.79 Å². The molecule has 2 rings (SSSR count). The van der Waals surface area contributed by atoms with E-state index in [0.29, 0.717) is 5.56 Å². The van der Waals surface area contributed by atoms with Gasteiger partial charge in [0.05, 0.1) is 0 Å². The fourth-order valence-corrected chi connectivity index (χ4v) is 2.09. The molecule has 2 aromatic rings. The van der Waals surface area contributed by atoms with Gasteiger partial charge in [-0.2, -0.15) is 0 Å². The van der Waals surface area contributed by atoms with E-state index < -0.39 is 0 Å². The summed E-state index contributed by atoms with van der Waals surface area (Å²) in [6, 6.07) is 15.2. The van der Waals surface area contributed by atoms with Crippen LogP contribution in [0.3, 0.4) is 0 Å². The van der Waals surface area contributed by atoms with Gasteiger partial charge in [-0.3, -0.25) is 4.79 Å². The van der Waals surface area contributed by atoms with Crippen LogP contribution in [0.25, 0.3) is 0 Å². The van der Waals surface area contributed by atoms with Crippen LogP contribution < -0.4 is 5.32 Å². The summed E-state index contributed by atoms with van der Waals surface area (Å²) < 4.78 is 2.14. The molecule has 0 spiro atoms. The van der Waals surface area contributed by atoms with E-state index in [0.717, 1.165) is 10.2 Å². The Hall–Kier alpha value is -1.14.